The van der Waals surface area contributed by atoms with Crippen LogP contribution in [0.1, 0.15) is 28.8 Å². The number of Topliss-reactive ketones (excluding diaryl/α,β-unsaturated/α-hetero) is 1. The quantitative estimate of drug-likeness (QED) is 0.672. The lowest BCUT2D eigenvalue weighted by molar-refractivity contribution is -0.117. The Morgan fingerprint density at radius 2 is 1.84 bits per heavy atom. The zero-order valence-corrected chi connectivity index (χ0v) is 14.5. The lowest BCUT2D eigenvalue weighted by Crippen LogP contribution is -2.25. The number of carbonyl (C=O) groups excluding carboxylic acids is 3. The lowest BCUT2D eigenvalue weighted by Gasteiger charge is -2.17. The van der Waals surface area contributed by atoms with Crippen LogP contribution in [0.2, 0.25) is 5.02 Å². The Balaban J connectivity index is 1.79. The van der Waals surface area contributed by atoms with Gasteiger partial charge in [0.25, 0.3) is 11.7 Å². The summed E-state index contributed by atoms with van der Waals surface area (Å²) in [4.78, 5) is 38.0. The van der Waals surface area contributed by atoms with E-state index < -0.39 is 11.7 Å². The Hall–Kier alpha value is -2.66. The van der Waals surface area contributed by atoms with Crippen LogP contribution in [0.25, 0.3) is 0 Å². The first kappa shape index (κ1) is 17.2. The fraction of sp³-hybridized carbons (Fsp3) is 0.211. The van der Waals surface area contributed by atoms with Gasteiger partial charge in [-0.3, -0.25) is 14.4 Å². The van der Waals surface area contributed by atoms with Crippen LogP contribution in [0.4, 0.5) is 11.4 Å². The monoisotopic (exact) mass is 356 g/mol. The molecular formula is C19H17ClN2O3. The number of anilines is 2. The van der Waals surface area contributed by atoms with E-state index in [1.54, 1.807) is 47.4 Å². The molecule has 128 valence electrons. The van der Waals surface area contributed by atoms with E-state index in [4.69, 9.17) is 11.6 Å². The topological polar surface area (TPSA) is 66.5 Å². The van der Waals surface area contributed by atoms with Crippen molar-refractivity contribution in [2.75, 3.05) is 16.8 Å². The second kappa shape index (κ2) is 7.07. The molecule has 0 atom stereocenters. The Kier molecular flexibility index (Phi) is 4.86. The molecule has 25 heavy (non-hydrogen) atoms. The summed E-state index contributed by atoms with van der Waals surface area (Å²) in [6.07, 6.45) is 1.31. The Bertz CT molecular complexity index is 846. The summed E-state index contributed by atoms with van der Waals surface area (Å²) in [6.45, 7) is 2.54. The highest BCUT2D eigenvalue weighted by molar-refractivity contribution is 6.47. The van der Waals surface area contributed by atoms with Crippen molar-refractivity contribution in [1.82, 2.24) is 0 Å². The fourth-order valence-electron chi connectivity index (χ4n) is 2.71. The third-order valence-corrected chi connectivity index (χ3v) is 4.43. The molecular weight excluding hydrogens is 340 g/mol. The van der Waals surface area contributed by atoms with Gasteiger partial charge in [-0.2, -0.15) is 0 Å². The standard InChI is InChI=1S/C19H17ClN2O3/c1-12-4-6-13(7-5-12)18(24)19(25)21-16-11-14(8-9-15(16)20)22-10-2-3-17(22)23/h4-9,11H,2-3,10H2,1H3,(H,21,25). The summed E-state index contributed by atoms with van der Waals surface area (Å²) in [5.74, 6) is -1.37. The summed E-state index contributed by atoms with van der Waals surface area (Å²) in [5.41, 5.74) is 2.28. The van der Waals surface area contributed by atoms with E-state index in [0.717, 1.165) is 12.0 Å². The van der Waals surface area contributed by atoms with Gasteiger partial charge in [-0.1, -0.05) is 41.4 Å². The number of rotatable bonds is 4. The molecule has 1 saturated heterocycles. The van der Waals surface area contributed by atoms with Crippen molar-refractivity contribution < 1.29 is 14.4 Å². The zero-order chi connectivity index (χ0) is 18.0. The molecule has 3 rings (SSSR count). The molecule has 2 aromatic carbocycles. The molecule has 1 N–H and O–H groups in total. The summed E-state index contributed by atoms with van der Waals surface area (Å²) in [7, 11) is 0. The van der Waals surface area contributed by atoms with E-state index in [1.165, 1.54) is 0 Å². The maximum atomic E-state index is 12.2. The van der Waals surface area contributed by atoms with Crippen LogP contribution in [0, 0.1) is 6.92 Å². The number of hydrogen-bond acceptors (Lipinski definition) is 3. The van der Waals surface area contributed by atoms with E-state index in [2.05, 4.69) is 5.32 Å². The number of benzene rings is 2. The molecule has 0 radical (unpaired) electrons. The SMILES string of the molecule is Cc1ccc(C(=O)C(=O)Nc2cc(N3CCCC3=O)ccc2Cl)cc1. The predicted octanol–water partition coefficient (Wildman–Crippen LogP) is 3.60. The van der Waals surface area contributed by atoms with E-state index in [-0.39, 0.29) is 5.91 Å². The number of ketones is 1. The van der Waals surface area contributed by atoms with Gasteiger partial charge < -0.3 is 10.2 Å². The first-order valence-corrected chi connectivity index (χ1v) is 8.36. The largest absolute Gasteiger partial charge is 0.318 e. The first-order valence-electron chi connectivity index (χ1n) is 7.98. The van der Waals surface area contributed by atoms with E-state index in [0.29, 0.717) is 34.9 Å². The smallest absolute Gasteiger partial charge is 0.296 e. The molecule has 0 aromatic heterocycles. The summed E-state index contributed by atoms with van der Waals surface area (Å²) < 4.78 is 0. The maximum absolute atomic E-state index is 12.2. The van der Waals surface area contributed by atoms with Gasteiger partial charge in [0.2, 0.25) is 5.91 Å². The molecule has 0 spiro atoms. The van der Waals surface area contributed by atoms with Crippen LogP contribution in [-0.4, -0.2) is 24.1 Å². The minimum absolute atomic E-state index is 0.0373. The van der Waals surface area contributed by atoms with Crippen molar-refractivity contribution >= 4 is 40.6 Å². The average Bonchev–Trinajstić information content (AvgIpc) is 3.03. The number of nitrogens with zero attached hydrogens (tertiary/aromatic N) is 1. The Labute approximate surface area is 150 Å². The molecule has 6 heteroatoms. The second-order valence-corrected chi connectivity index (χ2v) is 6.37. The number of amides is 2. The van der Waals surface area contributed by atoms with Crippen LogP contribution >= 0.6 is 11.6 Å². The average molecular weight is 357 g/mol. The molecule has 0 unspecified atom stereocenters. The number of nitrogens with one attached hydrogen (secondary N) is 1. The van der Waals surface area contributed by atoms with E-state index in [1.807, 2.05) is 6.92 Å². The van der Waals surface area contributed by atoms with E-state index >= 15 is 0 Å². The Morgan fingerprint density at radius 3 is 2.48 bits per heavy atom. The van der Waals surface area contributed by atoms with Crippen molar-refractivity contribution in [1.29, 1.82) is 0 Å². The van der Waals surface area contributed by atoms with Crippen LogP contribution in [0.15, 0.2) is 42.5 Å². The predicted molar refractivity (Wildman–Crippen MR) is 97.2 cm³/mol. The molecule has 2 aromatic rings. The second-order valence-electron chi connectivity index (χ2n) is 5.96. The van der Waals surface area contributed by atoms with Crippen molar-refractivity contribution in [3.8, 4) is 0 Å². The van der Waals surface area contributed by atoms with Gasteiger partial charge in [-0.25, -0.2) is 0 Å². The molecule has 1 heterocycles. The molecule has 1 fully saturated rings. The molecule has 0 saturated carbocycles. The third kappa shape index (κ3) is 3.72. The minimum atomic E-state index is -0.768. The van der Waals surface area contributed by atoms with Gasteiger partial charge in [0, 0.05) is 24.2 Å². The highest BCUT2D eigenvalue weighted by Gasteiger charge is 2.23. The van der Waals surface area contributed by atoms with E-state index in [9.17, 15) is 14.4 Å². The molecule has 0 aliphatic carbocycles. The molecule has 2 amide bonds. The van der Waals surface area contributed by atoms with Crippen molar-refractivity contribution in [3.63, 3.8) is 0 Å². The zero-order valence-electron chi connectivity index (χ0n) is 13.7. The maximum Gasteiger partial charge on any atom is 0.296 e. The number of carbonyl (C=O) groups is 3. The van der Waals surface area contributed by atoms with Crippen LogP contribution in [0.3, 0.4) is 0 Å². The molecule has 5 nitrogen and oxygen atoms in total. The normalized spacial score (nSPS) is 13.8. The van der Waals surface area contributed by atoms with Gasteiger partial charge >= 0.3 is 0 Å². The highest BCUT2D eigenvalue weighted by atomic mass is 35.5. The Morgan fingerprint density at radius 1 is 1.12 bits per heavy atom. The van der Waals surface area contributed by atoms with Gasteiger partial charge in [0.05, 0.1) is 10.7 Å². The fourth-order valence-corrected chi connectivity index (χ4v) is 2.88. The third-order valence-electron chi connectivity index (χ3n) is 4.10. The van der Waals surface area contributed by atoms with Crippen molar-refractivity contribution in [2.45, 2.75) is 19.8 Å². The van der Waals surface area contributed by atoms with Crippen LogP contribution < -0.4 is 10.2 Å². The van der Waals surface area contributed by atoms with Crippen molar-refractivity contribution in [2.24, 2.45) is 0 Å². The molecule has 1 aliphatic heterocycles. The van der Waals surface area contributed by atoms with Gasteiger partial charge in [-0.15, -0.1) is 0 Å². The first-order chi connectivity index (χ1) is 12.0. The lowest BCUT2D eigenvalue weighted by atomic mass is 10.1. The van der Waals surface area contributed by atoms with Crippen molar-refractivity contribution in [3.05, 3.63) is 58.6 Å². The summed E-state index contributed by atoms with van der Waals surface area (Å²) in [6, 6.07) is 11.7. The summed E-state index contributed by atoms with van der Waals surface area (Å²) in [5, 5.41) is 2.85. The van der Waals surface area contributed by atoms with Gasteiger partial charge in [-0.05, 0) is 31.5 Å². The number of hydrogen-bond donors (Lipinski definition) is 1. The van der Waals surface area contributed by atoms with Gasteiger partial charge in [0.15, 0.2) is 0 Å². The minimum Gasteiger partial charge on any atom is -0.318 e. The molecule has 0 bridgehead atoms. The summed E-state index contributed by atoms with van der Waals surface area (Å²) >= 11 is 6.13. The van der Waals surface area contributed by atoms with Gasteiger partial charge in [0.1, 0.15) is 0 Å². The number of halogens is 1. The van der Waals surface area contributed by atoms with Crippen LogP contribution in [-0.2, 0) is 9.59 Å². The highest BCUT2D eigenvalue weighted by Crippen LogP contribution is 2.30. The number of aryl methyl sites for hydroxylation is 1. The van der Waals surface area contributed by atoms with Crippen LogP contribution in [0.5, 0.6) is 0 Å². The molecule has 1 aliphatic rings.